The van der Waals surface area contributed by atoms with Crippen molar-refractivity contribution in [3.63, 3.8) is 0 Å². The van der Waals surface area contributed by atoms with E-state index in [1.807, 2.05) is 0 Å². The third kappa shape index (κ3) is 4.59. The molecule has 0 fully saturated rings. The number of nitrogens with two attached hydrogens (primary N) is 1. The zero-order valence-electron chi connectivity index (χ0n) is 6.93. The molecule has 74 valence electrons. The minimum Gasteiger partial charge on any atom is -0.399 e. The second-order valence-electron chi connectivity index (χ2n) is 2.36. The van der Waals surface area contributed by atoms with Crippen molar-refractivity contribution in [2.75, 3.05) is 12.0 Å². The highest BCUT2D eigenvalue weighted by molar-refractivity contribution is 7.86. The van der Waals surface area contributed by atoms with Gasteiger partial charge >= 0.3 is 10.1 Å². The number of halogens is 1. The summed E-state index contributed by atoms with van der Waals surface area (Å²) in [7, 11) is -3.45. The lowest BCUT2D eigenvalue weighted by Crippen LogP contribution is -2.05. The third-order valence-electron chi connectivity index (χ3n) is 1.11. The topological polar surface area (TPSA) is 69.4 Å². The van der Waals surface area contributed by atoms with Crippen LogP contribution in [-0.2, 0) is 10.1 Å². The first-order valence-corrected chi connectivity index (χ1v) is 5.04. The molecule has 6 heteroatoms. The van der Waals surface area contributed by atoms with Gasteiger partial charge in [0.15, 0.2) is 0 Å². The Bertz CT molecular complexity index is 377. The molecule has 0 aromatic heterocycles. The fourth-order valence-electron chi connectivity index (χ4n) is 0.741. The van der Waals surface area contributed by atoms with E-state index in [0.29, 0.717) is 5.69 Å². The van der Waals surface area contributed by atoms with Gasteiger partial charge in [-0.2, -0.15) is 8.42 Å². The first-order valence-electron chi connectivity index (χ1n) is 3.22. The Balaban J connectivity index is 0.00000144. The Hall–Kier alpha value is -0.940. The van der Waals surface area contributed by atoms with Gasteiger partial charge in [-0.25, -0.2) is 0 Å². The molecule has 1 aromatic rings. The molecule has 0 aliphatic carbocycles. The van der Waals surface area contributed by atoms with Crippen LogP contribution in [0.25, 0.3) is 0 Å². The van der Waals surface area contributed by atoms with E-state index < -0.39 is 10.1 Å². The number of hydrogen-bond donors (Lipinski definition) is 1. The van der Waals surface area contributed by atoms with Crippen LogP contribution in [0.5, 0.6) is 5.75 Å². The molecule has 13 heavy (non-hydrogen) atoms. The van der Waals surface area contributed by atoms with E-state index in [2.05, 4.69) is 4.18 Å². The highest BCUT2D eigenvalue weighted by Crippen LogP contribution is 2.15. The third-order valence-corrected chi connectivity index (χ3v) is 1.60. The Morgan fingerprint density at radius 3 is 2.46 bits per heavy atom. The second kappa shape index (κ2) is 4.34. The van der Waals surface area contributed by atoms with Gasteiger partial charge < -0.3 is 9.92 Å². The zero-order valence-corrected chi connectivity index (χ0v) is 8.56. The maximum absolute atomic E-state index is 10.6. The Morgan fingerprint density at radius 2 is 2.00 bits per heavy atom. The molecular weight excluding hydrogens is 214 g/mol. The van der Waals surface area contributed by atoms with E-state index in [1.54, 1.807) is 12.1 Å². The zero-order chi connectivity index (χ0) is 9.19. The average Bonchev–Trinajstić information content (AvgIpc) is 1.82. The molecule has 0 saturated carbocycles. The van der Waals surface area contributed by atoms with Crippen molar-refractivity contribution in [1.29, 1.82) is 0 Å². The lowest BCUT2D eigenvalue weighted by molar-refractivity contribution is 0.493. The van der Waals surface area contributed by atoms with Gasteiger partial charge in [0.1, 0.15) is 5.75 Å². The molecule has 4 nitrogen and oxygen atoms in total. The predicted molar refractivity (Wildman–Crippen MR) is 53.6 cm³/mol. The molecule has 0 atom stereocenters. The van der Waals surface area contributed by atoms with E-state index in [1.165, 1.54) is 12.1 Å². The predicted octanol–water partition coefficient (Wildman–Crippen LogP) is 1.03. The number of rotatable bonds is 2. The fourth-order valence-corrected chi connectivity index (χ4v) is 1.19. The normalized spacial score (nSPS) is 10.2. The minimum atomic E-state index is -3.45. The van der Waals surface area contributed by atoms with Gasteiger partial charge in [0, 0.05) is 11.8 Å². The maximum atomic E-state index is 10.6. The van der Waals surface area contributed by atoms with E-state index in [-0.39, 0.29) is 18.2 Å². The highest BCUT2D eigenvalue weighted by Gasteiger charge is 2.02. The van der Waals surface area contributed by atoms with Crippen molar-refractivity contribution in [1.82, 2.24) is 0 Å². The molecule has 0 aliphatic heterocycles. The smallest absolute Gasteiger partial charge is 0.306 e. The van der Waals surface area contributed by atoms with Gasteiger partial charge in [0.05, 0.1) is 6.26 Å². The first kappa shape index (κ1) is 12.1. The summed E-state index contributed by atoms with van der Waals surface area (Å²) in [6.45, 7) is 0. The van der Waals surface area contributed by atoms with Crippen molar-refractivity contribution in [2.45, 2.75) is 0 Å². The van der Waals surface area contributed by atoms with Crippen LogP contribution in [0.3, 0.4) is 0 Å². The second-order valence-corrected chi connectivity index (χ2v) is 3.93. The van der Waals surface area contributed by atoms with Crippen molar-refractivity contribution >= 4 is 28.2 Å². The number of hydrogen-bond acceptors (Lipinski definition) is 4. The molecule has 2 N–H and O–H groups in total. The molecule has 0 radical (unpaired) electrons. The summed E-state index contributed by atoms with van der Waals surface area (Å²) >= 11 is 0. The van der Waals surface area contributed by atoms with Crippen molar-refractivity contribution in [3.05, 3.63) is 24.3 Å². The Kier molecular flexibility index (Phi) is 4.03. The van der Waals surface area contributed by atoms with Crippen molar-refractivity contribution in [3.8, 4) is 5.75 Å². The van der Waals surface area contributed by atoms with Gasteiger partial charge in [0.25, 0.3) is 0 Å². The average molecular weight is 224 g/mol. The van der Waals surface area contributed by atoms with Crippen LogP contribution in [0.2, 0.25) is 0 Å². The van der Waals surface area contributed by atoms with Gasteiger partial charge in [-0.15, -0.1) is 12.4 Å². The molecule has 1 rings (SSSR count). The molecule has 0 heterocycles. The lowest BCUT2D eigenvalue weighted by Gasteiger charge is -2.02. The largest absolute Gasteiger partial charge is 0.399 e. The molecular formula is C7H10ClNO3S. The summed E-state index contributed by atoms with van der Waals surface area (Å²) < 4.78 is 25.9. The molecule has 0 saturated heterocycles. The van der Waals surface area contributed by atoms with Crippen LogP contribution in [-0.4, -0.2) is 14.7 Å². The van der Waals surface area contributed by atoms with Crippen molar-refractivity contribution < 1.29 is 12.6 Å². The Morgan fingerprint density at radius 1 is 1.38 bits per heavy atom. The van der Waals surface area contributed by atoms with E-state index in [0.717, 1.165) is 6.26 Å². The highest BCUT2D eigenvalue weighted by atomic mass is 35.5. The van der Waals surface area contributed by atoms with E-state index in [9.17, 15) is 8.42 Å². The van der Waals surface area contributed by atoms with Gasteiger partial charge in [-0.1, -0.05) is 6.07 Å². The van der Waals surface area contributed by atoms with E-state index in [4.69, 9.17) is 5.73 Å². The summed E-state index contributed by atoms with van der Waals surface area (Å²) in [6.07, 6.45) is 0.982. The molecule has 0 bridgehead atoms. The van der Waals surface area contributed by atoms with Crippen molar-refractivity contribution in [2.24, 2.45) is 0 Å². The van der Waals surface area contributed by atoms with Gasteiger partial charge in [-0.05, 0) is 12.1 Å². The summed E-state index contributed by atoms with van der Waals surface area (Å²) in [4.78, 5) is 0. The molecule has 0 amide bonds. The fraction of sp³-hybridized carbons (Fsp3) is 0.143. The molecule has 0 aliphatic rings. The lowest BCUT2D eigenvalue weighted by atomic mass is 10.3. The minimum absolute atomic E-state index is 0. The maximum Gasteiger partial charge on any atom is 0.306 e. The quantitative estimate of drug-likeness (QED) is 0.601. The monoisotopic (exact) mass is 223 g/mol. The van der Waals surface area contributed by atoms with Crippen LogP contribution < -0.4 is 9.92 Å². The van der Waals surface area contributed by atoms with Gasteiger partial charge in [-0.3, -0.25) is 0 Å². The van der Waals surface area contributed by atoms with Gasteiger partial charge in [0.2, 0.25) is 0 Å². The van der Waals surface area contributed by atoms with Crippen LogP contribution >= 0.6 is 12.4 Å². The Labute approximate surface area is 83.2 Å². The number of anilines is 1. The number of nitrogen functional groups attached to an aromatic ring is 1. The van der Waals surface area contributed by atoms with Crippen LogP contribution in [0.1, 0.15) is 0 Å². The summed E-state index contributed by atoms with van der Waals surface area (Å²) in [5, 5.41) is 0. The summed E-state index contributed by atoms with van der Waals surface area (Å²) in [5.74, 6) is 0.234. The molecule has 0 unspecified atom stereocenters. The molecule has 0 spiro atoms. The van der Waals surface area contributed by atoms with Crippen LogP contribution in [0, 0.1) is 0 Å². The molecule has 1 aromatic carbocycles. The number of benzene rings is 1. The first-order chi connectivity index (χ1) is 5.47. The summed E-state index contributed by atoms with van der Waals surface area (Å²) in [5.41, 5.74) is 5.87. The van der Waals surface area contributed by atoms with Crippen LogP contribution in [0.4, 0.5) is 5.69 Å². The SMILES string of the molecule is CS(=O)(=O)Oc1cccc(N)c1.Cl. The van der Waals surface area contributed by atoms with E-state index >= 15 is 0 Å². The standard InChI is InChI=1S/C7H9NO3S.ClH/c1-12(9,10)11-7-4-2-3-6(8)5-7;/h2-5H,8H2,1H3;1H. The summed E-state index contributed by atoms with van der Waals surface area (Å²) in [6, 6.07) is 6.24. The van der Waals surface area contributed by atoms with Crippen LogP contribution in [0.15, 0.2) is 24.3 Å².